The van der Waals surface area contributed by atoms with E-state index < -0.39 is 0 Å². The van der Waals surface area contributed by atoms with Crippen LogP contribution in [0.15, 0.2) is 46.9 Å². The predicted octanol–water partition coefficient (Wildman–Crippen LogP) is 4.07. The second kappa shape index (κ2) is 4.94. The summed E-state index contributed by atoms with van der Waals surface area (Å²) in [4.78, 5) is 6.83. The fraction of sp³-hybridized carbons (Fsp3) is 0.188. The Morgan fingerprint density at radius 2 is 1.75 bits per heavy atom. The lowest BCUT2D eigenvalue weighted by atomic mass is 10.2. The number of anilines is 1. The second-order valence-electron chi connectivity index (χ2n) is 5.07. The average molecular weight is 330 g/mol. The number of hydrogen-bond donors (Lipinski definition) is 0. The SMILES string of the molecule is CN(C)c1ccc(-c2nc3cc(Br)ccc3n2C)cc1. The highest BCUT2D eigenvalue weighted by Gasteiger charge is 2.10. The van der Waals surface area contributed by atoms with Crippen LogP contribution in [0.1, 0.15) is 0 Å². The normalized spacial score (nSPS) is 11.0. The minimum absolute atomic E-state index is 0.989. The number of benzene rings is 2. The molecule has 1 heterocycles. The van der Waals surface area contributed by atoms with Crippen LogP contribution in [0.2, 0.25) is 0 Å². The predicted molar refractivity (Wildman–Crippen MR) is 88.2 cm³/mol. The van der Waals surface area contributed by atoms with E-state index in [0.29, 0.717) is 0 Å². The number of rotatable bonds is 2. The van der Waals surface area contributed by atoms with Gasteiger partial charge in [-0.3, -0.25) is 0 Å². The van der Waals surface area contributed by atoms with E-state index in [-0.39, 0.29) is 0 Å². The number of hydrogen-bond acceptors (Lipinski definition) is 2. The molecule has 0 bridgehead atoms. The first-order valence-electron chi connectivity index (χ1n) is 6.46. The summed E-state index contributed by atoms with van der Waals surface area (Å²) in [6.45, 7) is 0. The summed E-state index contributed by atoms with van der Waals surface area (Å²) in [5.41, 5.74) is 4.47. The Labute approximate surface area is 127 Å². The van der Waals surface area contributed by atoms with Crippen molar-refractivity contribution in [2.24, 2.45) is 7.05 Å². The quantitative estimate of drug-likeness (QED) is 0.706. The zero-order valence-corrected chi connectivity index (χ0v) is 13.3. The molecule has 20 heavy (non-hydrogen) atoms. The van der Waals surface area contributed by atoms with Gasteiger partial charge in [0.1, 0.15) is 5.82 Å². The average Bonchev–Trinajstić information content (AvgIpc) is 2.75. The maximum absolute atomic E-state index is 4.74. The van der Waals surface area contributed by atoms with E-state index in [9.17, 15) is 0 Å². The molecule has 3 rings (SSSR count). The lowest BCUT2D eigenvalue weighted by molar-refractivity contribution is 0.959. The smallest absolute Gasteiger partial charge is 0.140 e. The molecule has 0 aliphatic rings. The van der Waals surface area contributed by atoms with Gasteiger partial charge in [0.25, 0.3) is 0 Å². The Hall–Kier alpha value is -1.81. The molecule has 1 aromatic heterocycles. The van der Waals surface area contributed by atoms with Gasteiger partial charge in [-0.25, -0.2) is 4.98 Å². The topological polar surface area (TPSA) is 21.1 Å². The molecule has 102 valence electrons. The van der Waals surface area contributed by atoms with Gasteiger partial charge in [-0.15, -0.1) is 0 Å². The highest BCUT2D eigenvalue weighted by Crippen LogP contribution is 2.27. The first kappa shape index (κ1) is 13.2. The molecule has 0 atom stereocenters. The Balaban J connectivity index is 2.11. The molecule has 0 saturated carbocycles. The lowest BCUT2D eigenvalue weighted by Crippen LogP contribution is -2.08. The van der Waals surface area contributed by atoms with Gasteiger partial charge in [0.05, 0.1) is 11.0 Å². The maximum atomic E-state index is 4.74. The molecule has 0 aliphatic carbocycles. The molecular weight excluding hydrogens is 314 g/mol. The van der Waals surface area contributed by atoms with Gasteiger partial charge < -0.3 is 9.47 Å². The largest absolute Gasteiger partial charge is 0.378 e. The molecule has 0 radical (unpaired) electrons. The van der Waals surface area contributed by atoms with Crippen molar-refractivity contribution in [3.8, 4) is 11.4 Å². The number of imidazole rings is 1. The van der Waals surface area contributed by atoms with E-state index >= 15 is 0 Å². The van der Waals surface area contributed by atoms with Crippen molar-refractivity contribution in [2.75, 3.05) is 19.0 Å². The summed E-state index contributed by atoms with van der Waals surface area (Å²) in [6, 6.07) is 14.6. The van der Waals surface area contributed by atoms with Crippen LogP contribution in [0.25, 0.3) is 22.4 Å². The fourth-order valence-electron chi connectivity index (χ4n) is 2.34. The number of nitrogens with zero attached hydrogens (tertiary/aromatic N) is 3. The van der Waals surface area contributed by atoms with Crippen LogP contribution >= 0.6 is 15.9 Å². The van der Waals surface area contributed by atoms with E-state index in [1.807, 2.05) is 26.2 Å². The Bertz CT molecular complexity index is 757. The Morgan fingerprint density at radius 1 is 1.05 bits per heavy atom. The van der Waals surface area contributed by atoms with Gasteiger partial charge in [-0.1, -0.05) is 15.9 Å². The second-order valence-corrected chi connectivity index (χ2v) is 5.98. The van der Waals surface area contributed by atoms with Crippen LogP contribution in [-0.2, 0) is 7.05 Å². The van der Waals surface area contributed by atoms with E-state index in [1.165, 1.54) is 5.69 Å². The van der Waals surface area contributed by atoms with Crippen LogP contribution < -0.4 is 4.90 Å². The third kappa shape index (κ3) is 2.20. The Kier molecular flexibility index (Phi) is 3.26. The monoisotopic (exact) mass is 329 g/mol. The van der Waals surface area contributed by atoms with Gasteiger partial charge in [0.15, 0.2) is 0 Å². The summed E-state index contributed by atoms with van der Waals surface area (Å²) in [5.74, 6) is 0.989. The number of aryl methyl sites for hydroxylation is 1. The minimum Gasteiger partial charge on any atom is -0.378 e. The molecule has 3 nitrogen and oxygen atoms in total. The van der Waals surface area contributed by atoms with Gasteiger partial charge >= 0.3 is 0 Å². The molecule has 3 aromatic rings. The number of halogens is 1. The molecule has 0 spiro atoms. The van der Waals surface area contributed by atoms with Crippen LogP contribution in [0.4, 0.5) is 5.69 Å². The zero-order valence-electron chi connectivity index (χ0n) is 11.8. The summed E-state index contributed by atoms with van der Waals surface area (Å²) >= 11 is 3.49. The van der Waals surface area contributed by atoms with Crippen LogP contribution in [-0.4, -0.2) is 23.6 Å². The minimum atomic E-state index is 0.989. The van der Waals surface area contributed by atoms with Gasteiger partial charge in [-0.05, 0) is 42.5 Å². The van der Waals surface area contributed by atoms with E-state index in [2.05, 4.69) is 62.8 Å². The molecule has 2 aromatic carbocycles. The van der Waals surface area contributed by atoms with Crippen LogP contribution in [0.5, 0.6) is 0 Å². The summed E-state index contributed by atoms with van der Waals surface area (Å²) in [6.07, 6.45) is 0. The molecular formula is C16H16BrN3. The van der Waals surface area contributed by atoms with Gasteiger partial charge in [0, 0.05) is 36.9 Å². The maximum Gasteiger partial charge on any atom is 0.140 e. The van der Waals surface area contributed by atoms with Crippen molar-refractivity contribution in [1.29, 1.82) is 0 Å². The summed E-state index contributed by atoms with van der Waals surface area (Å²) < 4.78 is 3.18. The third-order valence-electron chi connectivity index (χ3n) is 3.48. The molecule has 0 aliphatic heterocycles. The van der Waals surface area contributed by atoms with Gasteiger partial charge in [0.2, 0.25) is 0 Å². The zero-order chi connectivity index (χ0) is 14.3. The van der Waals surface area contributed by atoms with Crippen LogP contribution in [0.3, 0.4) is 0 Å². The molecule has 0 amide bonds. The van der Waals surface area contributed by atoms with E-state index in [0.717, 1.165) is 26.9 Å². The summed E-state index contributed by atoms with van der Waals surface area (Å²) in [7, 11) is 6.14. The van der Waals surface area contributed by atoms with E-state index in [1.54, 1.807) is 0 Å². The molecule has 0 saturated heterocycles. The number of fused-ring (bicyclic) bond motifs is 1. The Morgan fingerprint density at radius 3 is 2.40 bits per heavy atom. The third-order valence-corrected chi connectivity index (χ3v) is 3.98. The lowest BCUT2D eigenvalue weighted by Gasteiger charge is -2.12. The molecule has 4 heteroatoms. The standard InChI is InChI=1S/C16H16BrN3/c1-19(2)13-7-4-11(5-8-13)16-18-14-10-12(17)6-9-15(14)20(16)3/h4-10H,1-3H3. The highest BCUT2D eigenvalue weighted by molar-refractivity contribution is 9.10. The first-order valence-corrected chi connectivity index (χ1v) is 7.25. The van der Waals surface area contributed by atoms with Crippen LogP contribution in [0, 0.1) is 0 Å². The highest BCUT2D eigenvalue weighted by atomic mass is 79.9. The van der Waals surface area contributed by atoms with Crippen molar-refractivity contribution < 1.29 is 0 Å². The van der Waals surface area contributed by atoms with Crippen molar-refractivity contribution >= 4 is 32.7 Å². The van der Waals surface area contributed by atoms with Crippen molar-refractivity contribution in [3.63, 3.8) is 0 Å². The van der Waals surface area contributed by atoms with Crippen molar-refractivity contribution in [2.45, 2.75) is 0 Å². The molecule has 0 unspecified atom stereocenters. The van der Waals surface area contributed by atoms with Crippen molar-refractivity contribution in [1.82, 2.24) is 9.55 Å². The molecule has 0 N–H and O–H groups in total. The van der Waals surface area contributed by atoms with Gasteiger partial charge in [-0.2, -0.15) is 0 Å². The fourth-order valence-corrected chi connectivity index (χ4v) is 2.69. The number of aromatic nitrogens is 2. The summed E-state index contributed by atoms with van der Waals surface area (Å²) in [5, 5.41) is 0. The van der Waals surface area contributed by atoms with E-state index in [4.69, 9.17) is 4.98 Å². The molecule has 0 fully saturated rings. The van der Waals surface area contributed by atoms with Crippen molar-refractivity contribution in [3.05, 3.63) is 46.9 Å². The first-order chi connectivity index (χ1) is 9.56.